The highest BCUT2D eigenvalue weighted by Gasteiger charge is 2.18. The minimum Gasteiger partial charge on any atom is -0.439 e. The van der Waals surface area contributed by atoms with Gasteiger partial charge in [0.25, 0.3) is 0 Å². The summed E-state index contributed by atoms with van der Waals surface area (Å²) >= 11 is 0. The largest absolute Gasteiger partial charge is 0.439 e. The lowest BCUT2D eigenvalue weighted by molar-refractivity contribution is -0.118. The molecule has 0 radical (unpaired) electrons. The number of amides is 1. The minimum atomic E-state index is -0.0450. The van der Waals surface area contributed by atoms with E-state index in [-0.39, 0.29) is 11.8 Å². The molecule has 1 N–H and O–H groups in total. The molecule has 126 valence electrons. The molecule has 1 aliphatic rings. The summed E-state index contributed by atoms with van der Waals surface area (Å²) in [4.78, 5) is 20.7. The number of aromatic nitrogens is 2. The number of nitrogens with zero attached hydrogens (tertiary/aromatic N) is 2. The molecule has 0 atom stereocenters. The number of ether oxygens (including phenoxy) is 1. The van der Waals surface area contributed by atoms with Crippen LogP contribution in [0.5, 0.6) is 11.6 Å². The Kier molecular flexibility index (Phi) is 4.79. The van der Waals surface area contributed by atoms with Crippen molar-refractivity contribution in [2.45, 2.75) is 46.5 Å². The molecule has 1 aliphatic carbocycles. The van der Waals surface area contributed by atoms with Crippen molar-refractivity contribution in [2.24, 2.45) is 5.92 Å². The van der Waals surface area contributed by atoms with Gasteiger partial charge >= 0.3 is 0 Å². The van der Waals surface area contributed by atoms with Crippen LogP contribution in [0.15, 0.2) is 24.3 Å². The van der Waals surface area contributed by atoms with Crippen LogP contribution in [0.25, 0.3) is 0 Å². The van der Waals surface area contributed by atoms with E-state index in [1.165, 1.54) is 6.42 Å². The van der Waals surface area contributed by atoms with Crippen molar-refractivity contribution in [1.29, 1.82) is 0 Å². The zero-order valence-corrected chi connectivity index (χ0v) is 14.4. The summed E-state index contributed by atoms with van der Waals surface area (Å²) in [6.07, 6.45) is 4.28. The molecular formula is C19H23N3O2. The fourth-order valence-electron chi connectivity index (χ4n) is 2.77. The number of carbonyl (C=O) groups is 1. The van der Waals surface area contributed by atoms with Gasteiger partial charge < -0.3 is 10.1 Å². The number of aryl methyl sites for hydroxylation is 2. The van der Waals surface area contributed by atoms with Crippen LogP contribution >= 0.6 is 0 Å². The summed E-state index contributed by atoms with van der Waals surface area (Å²) in [7, 11) is 0. The van der Waals surface area contributed by atoms with Crippen molar-refractivity contribution < 1.29 is 9.53 Å². The third-order valence-electron chi connectivity index (χ3n) is 4.12. The van der Waals surface area contributed by atoms with Gasteiger partial charge in [-0.3, -0.25) is 4.79 Å². The molecule has 5 heteroatoms. The zero-order chi connectivity index (χ0) is 17.1. The fraction of sp³-hybridized carbons (Fsp3) is 0.421. The average molecular weight is 325 g/mol. The summed E-state index contributed by atoms with van der Waals surface area (Å²) in [5, 5.41) is 2.87. The van der Waals surface area contributed by atoms with Crippen molar-refractivity contribution in [1.82, 2.24) is 9.97 Å². The van der Waals surface area contributed by atoms with Gasteiger partial charge in [-0.1, -0.05) is 13.8 Å². The summed E-state index contributed by atoms with van der Waals surface area (Å²) in [6, 6.07) is 7.39. The highest BCUT2D eigenvalue weighted by atomic mass is 16.5. The van der Waals surface area contributed by atoms with E-state index in [0.717, 1.165) is 42.0 Å². The van der Waals surface area contributed by atoms with Crippen molar-refractivity contribution >= 4 is 11.6 Å². The molecule has 0 spiro atoms. The van der Waals surface area contributed by atoms with E-state index < -0.39 is 0 Å². The molecule has 1 aromatic carbocycles. The number of anilines is 1. The second kappa shape index (κ2) is 6.99. The van der Waals surface area contributed by atoms with Gasteiger partial charge in [-0.15, -0.1) is 0 Å². The number of carbonyl (C=O) groups excluding carboxylic acids is 1. The van der Waals surface area contributed by atoms with Gasteiger partial charge in [0.1, 0.15) is 11.6 Å². The highest BCUT2D eigenvalue weighted by molar-refractivity contribution is 5.92. The Balaban J connectivity index is 1.77. The van der Waals surface area contributed by atoms with Crippen LogP contribution in [-0.4, -0.2) is 15.9 Å². The zero-order valence-electron chi connectivity index (χ0n) is 14.4. The molecule has 1 amide bonds. The summed E-state index contributed by atoms with van der Waals surface area (Å²) in [6.45, 7) is 5.63. The Hall–Kier alpha value is -2.43. The van der Waals surface area contributed by atoms with Crippen LogP contribution in [0.3, 0.4) is 0 Å². The van der Waals surface area contributed by atoms with Crippen LogP contribution < -0.4 is 10.1 Å². The Morgan fingerprint density at radius 1 is 1.12 bits per heavy atom. The third-order valence-corrected chi connectivity index (χ3v) is 4.12. The predicted octanol–water partition coefficient (Wildman–Crippen LogP) is 4.05. The maximum Gasteiger partial charge on any atom is 0.226 e. The first-order valence-electron chi connectivity index (χ1n) is 8.48. The molecule has 0 unspecified atom stereocenters. The number of nitrogens with one attached hydrogen (secondary N) is 1. The SMILES string of the molecule is Cc1nc2c(c(Oc3ccc(NC(=O)C(C)C)cc3)n1)CCCC2. The molecular weight excluding hydrogens is 302 g/mol. The van der Waals surface area contributed by atoms with Gasteiger partial charge in [0.2, 0.25) is 11.8 Å². The summed E-state index contributed by atoms with van der Waals surface area (Å²) < 4.78 is 6.00. The van der Waals surface area contributed by atoms with E-state index in [4.69, 9.17) is 4.74 Å². The predicted molar refractivity (Wildman–Crippen MR) is 93.4 cm³/mol. The van der Waals surface area contributed by atoms with Crippen molar-refractivity contribution in [3.8, 4) is 11.6 Å². The number of hydrogen-bond acceptors (Lipinski definition) is 4. The molecule has 3 rings (SSSR count). The van der Waals surface area contributed by atoms with E-state index >= 15 is 0 Å². The van der Waals surface area contributed by atoms with Gasteiger partial charge in [0, 0.05) is 17.2 Å². The molecule has 0 saturated carbocycles. The molecule has 24 heavy (non-hydrogen) atoms. The molecule has 2 aromatic rings. The summed E-state index contributed by atoms with van der Waals surface area (Å²) in [5.74, 6) is 2.08. The van der Waals surface area contributed by atoms with Gasteiger partial charge in [-0.05, 0) is 56.9 Å². The molecule has 0 bridgehead atoms. The van der Waals surface area contributed by atoms with E-state index in [9.17, 15) is 4.79 Å². The van der Waals surface area contributed by atoms with Gasteiger partial charge in [-0.25, -0.2) is 4.98 Å². The fourth-order valence-corrected chi connectivity index (χ4v) is 2.77. The standard InChI is InChI=1S/C19H23N3O2/c1-12(2)18(23)22-14-8-10-15(11-9-14)24-19-16-6-4-5-7-17(16)20-13(3)21-19/h8-12H,4-7H2,1-3H3,(H,22,23). The van der Waals surface area contributed by atoms with E-state index in [1.54, 1.807) is 0 Å². The maximum absolute atomic E-state index is 11.7. The van der Waals surface area contributed by atoms with Gasteiger partial charge in [-0.2, -0.15) is 4.98 Å². The van der Waals surface area contributed by atoms with Gasteiger partial charge in [0.15, 0.2) is 0 Å². The molecule has 0 aliphatic heterocycles. The van der Waals surface area contributed by atoms with Crippen LogP contribution in [0.2, 0.25) is 0 Å². The topological polar surface area (TPSA) is 64.1 Å². The number of fused-ring (bicyclic) bond motifs is 1. The van der Waals surface area contributed by atoms with Crippen LogP contribution in [0, 0.1) is 12.8 Å². The molecule has 1 heterocycles. The first kappa shape index (κ1) is 16.4. The lowest BCUT2D eigenvalue weighted by Crippen LogP contribution is -2.17. The second-order valence-corrected chi connectivity index (χ2v) is 6.48. The Morgan fingerprint density at radius 2 is 1.83 bits per heavy atom. The lowest BCUT2D eigenvalue weighted by Gasteiger charge is -2.18. The van der Waals surface area contributed by atoms with Crippen LogP contribution in [0.4, 0.5) is 5.69 Å². The normalized spacial score (nSPS) is 13.5. The second-order valence-electron chi connectivity index (χ2n) is 6.48. The first-order valence-corrected chi connectivity index (χ1v) is 8.48. The smallest absolute Gasteiger partial charge is 0.226 e. The Morgan fingerprint density at radius 3 is 2.54 bits per heavy atom. The number of hydrogen-bond donors (Lipinski definition) is 1. The van der Waals surface area contributed by atoms with E-state index in [2.05, 4.69) is 15.3 Å². The van der Waals surface area contributed by atoms with Gasteiger partial charge in [0.05, 0.1) is 5.69 Å². The monoisotopic (exact) mass is 325 g/mol. The molecule has 0 fully saturated rings. The summed E-state index contributed by atoms with van der Waals surface area (Å²) in [5.41, 5.74) is 3.01. The van der Waals surface area contributed by atoms with Crippen molar-refractivity contribution in [3.05, 3.63) is 41.3 Å². The Labute approximate surface area is 142 Å². The Bertz CT molecular complexity index is 739. The van der Waals surface area contributed by atoms with E-state index in [0.29, 0.717) is 11.6 Å². The quantitative estimate of drug-likeness (QED) is 0.921. The molecule has 1 aromatic heterocycles. The van der Waals surface area contributed by atoms with E-state index in [1.807, 2.05) is 45.0 Å². The van der Waals surface area contributed by atoms with Crippen molar-refractivity contribution in [3.63, 3.8) is 0 Å². The number of rotatable bonds is 4. The highest BCUT2D eigenvalue weighted by Crippen LogP contribution is 2.30. The average Bonchev–Trinajstić information content (AvgIpc) is 2.56. The lowest BCUT2D eigenvalue weighted by atomic mass is 9.97. The minimum absolute atomic E-state index is 0.00385. The number of benzene rings is 1. The van der Waals surface area contributed by atoms with Crippen molar-refractivity contribution in [2.75, 3.05) is 5.32 Å². The molecule has 0 saturated heterocycles. The van der Waals surface area contributed by atoms with Crippen LogP contribution in [-0.2, 0) is 17.6 Å². The van der Waals surface area contributed by atoms with Crippen LogP contribution in [0.1, 0.15) is 43.8 Å². The first-order chi connectivity index (χ1) is 11.5. The molecule has 5 nitrogen and oxygen atoms in total. The third kappa shape index (κ3) is 3.72. The maximum atomic E-state index is 11.7.